The normalized spacial score (nSPS) is 24.7. The molecule has 1 atom stereocenters. The molecule has 1 fully saturated rings. The Balaban J connectivity index is 2.32. The zero-order valence-corrected chi connectivity index (χ0v) is 8.49. The molecule has 0 radical (unpaired) electrons. The molecule has 0 saturated carbocycles. The van der Waals surface area contributed by atoms with Gasteiger partial charge in [0.2, 0.25) is 0 Å². The number of rotatable bonds is 1. The Bertz CT molecular complexity index is 341. The summed E-state index contributed by atoms with van der Waals surface area (Å²) in [4.78, 5) is 11.2. The Morgan fingerprint density at radius 3 is 2.43 bits per heavy atom. The minimum Gasteiger partial charge on any atom is -0.457 e. The smallest absolute Gasteiger partial charge is 0.307 e. The molecule has 2 rings (SSSR count). The van der Waals surface area contributed by atoms with Gasteiger partial charge in [-0.1, -0.05) is 44.2 Å². The highest BCUT2D eigenvalue weighted by Crippen LogP contribution is 2.44. The van der Waals surface area contributed by atoms with E-state index in [4.69, 9.17) is 4.74 Å². The van der Waals surface area contributed by atoms with Crippen molar-refractivity contribution in [2.24, 2.45) is 5.41 Å². The van der Waals surface area contributed by atoms with Crippen LogP contribution in [0.1, 0.15) is 31.9 Å². The fraction of sp³-hybridized carbons (Fsp3) is 0.417. The Labute approximate surface area is 83.9 Å². The summed E-state index contributed by atoms with van der Waals surface area (Å²) < 4.78 is 5.32. The lowest BCUT2D eigenvalue weighted by atomic mass is 9.82. The Kier molecular flexibility index (Phi) is 2.06. The lowest BCUT2D eigenvalue weighted by Crippen LogP contribution is -2.16. The van der Waals surface area contributed by atoms with Crippen LogP contribution in [0.5, 0.6) is 0 Å². The van der Waals surface area contributed by atoms with Gasteiger partial charge in [-0.2, -0.15) is 0 Å². The lowest BCUT2D eigenvalue weighted by Gasteiger charge is -2.23. The first-order chi connectivity index (χ1) is 6.59. The monoisotopic (exact) mass is 190 g/mol. The van der Waals surface area contributed by atoms with Gasteiger partial charge in [0.05, 0.1) is 6.42 Å². The molecule has 0 unspecified atom stereocenters. The van der Waals surface area contributed by atoms with Gasteiger partial charge in [0.1, 0.15) is 6.10 Å². The van der Waals surface area contributed by atoms with E-state index < -0.39 is 0 Å². The number of cyclic esters (lactones) is 1. The van der Waals surface area contributed by atoms with Crippen molar-refractivity contribution >= 4 is 5.97 Å². The maximum atomic E-state index is 11.2. The molecule has 0 bridgehead atoms. The van der Waals surface area contributed by atoms with E-state index in [1.165, 1.54) is 0 Å². The van der Waals surface area contributed by atoms with Crippen molar-refractivity contribution in [3.05, 3.63) is 35.9 Å². The van der Waals surface area contributed by atoms with E-state index in [2.05, 4.69) is 13.8 Å². The predicted octanol–water partition coefficient (Wildman–Crippen LogP) is 2.70. The van der Waals surface area contributed by atoms with Crippen LogP contribution in [-0.4, -0.2) is 5.97 Å². The predicted molar refractivity (Wildman–Crippen MR) is 53.7 cm³/mol. The van der Waals surface area contributed by atoms with Crippen molar-refractivity contribution in [2.45, 2.75) is 26.4 Å². The number of carbonyl (C=O) groups excluding carboxylic acids is 1. The molecule has 0 N–H and O–H groups in total. The maximum absolute atomic E-state index is 11.2. The van der Waals surface area contributed by atoms with Crippen molar-refractivity contribution < 1.29 is 9.53 Å². The molecule has 0 aliphatic carbocycles. The van der Waals surface area contributed by atoms with Gasteiger partial charge in [0, 0.05) is 5.41 Å². The molecule has 0 aromatic heterocycles. The van der Waals surface area contributed by atoms with Crippen LogP contribution in [-0.2, 0) is 9.53 Å². The number of hydrogen-bond donors (Lipinski definition) is 0. The van der Waals surface area contributed by atoms with Crippen LogP contribution < -0.4 is 0 Å². The second kappa shape index (κ2) is 3.12. The van der Waals surface area contributed by atoms with Crippen molar-refractivity contribution in [3.8, 4) is 0 Å². The molecular weight excluding hydrogens is 176 g/mol. The second-order valence-corrected chi connectivity index (χ2v) is 4.45. The quantitative estimate of drug-likeness (QED) is 0.636. The van der Waals surface area contributed by atoms with E-state index in [1.807, 2.05) is 30.3 Å². The third-order valence-corrected chi connectivity index (χ3v) is 2.66. The number of benzene rings is 1. The summed E-state index contributed by atoms with van der Waals surface area (Å²) in [5.74, 6) is -0.0937. The van der Waals surface area contributed by atoms with E-state index in [0.29, 0.717) is 6.42 Å². The van der Waals surface area contributed by atoms with Crippen molar-refractivity contribution in [2.75, 3.05) is 0 Å². The first kappa shape index (κ1) is 9.25. The zero-order valence-electron chi connectivity index (χ0n) is 8.49. The molecule has 1 aliphatic rings. The van der Waals surface area contributed by atoms with Gasteiger partial charge < -0.3 is 4.74 Å². The van der Waals surface area contributed by atoms with Crippen LogP contribution in [0.25, 0.3) is 0 Å². The molecular formula is C12H14O2. The molecule has 1 saturated heterocycles. The van der Waals surface area contributed by atoms with E-state index in [9.17, 15) is 4.79 Å². The molecule has 2 heteroatoms. The molecule has 0 amide bonds. The molecule has 1 aromatic carbocycles. The number of ether oxygens (including phenoxy) is 1. The van der Waals surface area contributed by atoms with Gasteiger partial charge >= 0.3 is 5.97 Å². The van der Waals surface area contributed by atoms with E-state index in [1.54, 1.807) is 0 Å². The second-order valence-electron chi connectivity index (χ2n) is 4.45. The highest BCUT2D eigenvalue weighted by atomic mass is 16.6. The van der Waals surface area contributed by atoms with E-state index >= 15 is 0 Å². The summed E-state index contributed by atoms with van der Waals surface area (Å²) in [6.45, 7) is 4.13. The highest BCUT2D eigenvalue weighted by Gasteiger charge is 2.42. The minimum atomic E-state index is -0.0937. The summed E-state index contributed by atoms with van der Waals surface area (Å²) in [7, 11) is 0. The molecule has 1 heterocycles. The maximum Gasteiger partial charge on any atom is 0.307 e. The van der Waals surface area contributed by atoms with Crippen LogP contribution in [0.3, 0.4) is 0 Å². The standard InChI is InChI=1S/C12H14O2/c1-12(2)8-10(13)14-11(12)9-6-4-3-5-7-9/h3-7,11H,8H2,1-2H3/t11-/m0/s1. The van der Waals surface area contributed by atoms with Crippen molar-refractivity contribution in [3.63, 3.8) is 0 Å². The highest BCUT2D eigenvalue weighted by molar-refractivity contribution is 5.73. The largest absolute Gasteiger partial charge is 0.457 e. The summed E-state index contributed by atoms with van der Waals surface area (Å²) in [5, 5.41) is 0. The third kappa shape index (κ3) is 1.52. The molecule has 74 valence electrons. The molecule has 1 aromatic rings. The van der Waals surface area contributed by atoms with Crippen LogP contribution in [0, 0.1) is 5.41 Å². The zero-order chi connectivity index (χ0) is 10.2. The van der Waals surface area contributed by atoms with Gasteiger partial charge in [-0.05, 0) is 5.56 Å². The van der Waals surface area contributed by atoms with Gasteiger partial charge in [-0.25, -0.2) is 0 Å². The first-order valence-corrected chi connectivity index (χ1v) is 4.84. The van der Waals surface area contributed by atoms with E-state index in [-0.39, 0.29) is 17.5 Å². The number of carbonyl (C=O) groups is 1. The molecule has 1 aliphatic heterocycles. The Morgan fingerprint density at radius 2 is 1.93 bits per heavy atom. The van der Waals surface area contributed by atoms with Gasteiger partial charge in [0.25, 0.3) is 0 Å². The average Bonchev–Trinajstić information content (AvgIpc) is 2.41. The third-order valence-electron chi connectivity index (χ3n) is 2.66. The Morgan fingerprint density at radius 1 is 1.29 bits per heavy atom. The van der Waals surface area contributed by atoms with Crippen molar-refractivity contribution in [1.29, 1.82) is 0 Å². The van der Waals surface area contributed by atoms with Gasteiger partial charge in [-0.3, -0.25) is 4.79 Å². The van der Waals surface area contributed by atoms with Gasteiger partial charge in [-0.15, -0.1) is 0 Å². The number of esters is 1. The Hall–Kier alpha value is -1.31. The van der Waals surface area contributed by atoms with Crippen LogP contribution in [0.4, 0.5) is 0 Å². The van der Waals surface area contributed by atoms with E-state index in [0.717, 1.165) is 5.56 Å². The summed E-state index contributed by atoms with van der Waals surface area (Å²) in [6, 6.07) is 9.92. The van der Waals surface area contributed by atoms with Crippen LogP contribution in [0.2, 0.25) is 0 Å². The summed E-state index contributed by atoms with van der Waals surface area (Å²) in [6.07, 6.45) is 0.420. The number of hydrogen-bond acceptors (Lipinski definition) is 2. The SMILES string of the molecule is CC1(C)CC(=O)O[C@H]1c1ccccc1. The lowest BCUT2D eigenvalue weighted by molar-refractivity contribution is -0.142. The molecule has 0 spiro atoms. The summed E-state index contributed by atoms with van der Waals surface area (Å²) >= 11 is 0. The first-order valence-electron chi connectivity index (χ1n) is 4.84. The average molecular weight is 190 g/mol. The fourth-order valence-corrected chi connectivity index (χ4v) is 1.94. The molecule has 2 nitrogen and oxygen atoms in total. The van der Waals surface area contributed by atoms with Crippen molar-refractivity contribution in [1.82, 2.24) is 0 Å². The minimum absolute atomic E-state index is 0.0849. The topological polar surface area (TPSA) is 26.3 Å². The fourth-order valence-electron chi connectivity index (χ4n) is 1.94. The van der Waals surface area contributed by atoms with Crippen LogP contribution >= 0.6 is 0 Å². The molecule has 14 heavy (non-hydrogen) atoms. The van der Waals surface area contributed by atoms with Crippen LogP contribution in [0.15, 0.2) is 30.3 Å². The summed E-state index contributed by atoms with van der Waals surface area (Å²) in [5.41, 5.74) is 1.00. The van der Waals surface area contributed by atoms with Gasteiger partial charge in [0.15, 0.2) is 0 Å².